The molecule has 0 saturated carbocycles. The molecule has 0 radical (unpaired) electrons. The van der Waals surface area contributed by atoms with E-state index in [2.05, 4.69) is 24.1 Å². The molecule has 0 amide bonds. The fraction of sp³-hybridized carbons (Fsp3) is 0.722. The van der Waals surface area contributed by atoms with Crippen LogP contribution in [0.15, 0.2) is 11.6 Å². The van der Waals surface area contributed by atoms with Gasteiger partial charge in [0.15, 0.2) is 0 Å². The molecule has 1 aliphatic rings. The van der Waals surface area contributed by atoms with E-state index in [1.165, 1.54) is 18.4 Å². The monoisotopic (exact) mass is 368 g/mol. The predicted octanol–water partition coefficient (Wildman–Crippen LogP) is 3.09. The van der Waals surface area contributed by atoms with Crippen LogP contribution >= 0.6 is 11.3 Å². The van der Waals surface area contributed by atoms with Gasteiger partial charge in [0.2, 0.25) is 0 Å². The quantitative estimate of drug-likeness (QED) is 0.805. The number of rotatable bonds is 5. The van der Waals surface area contributed by atoms with Crippen LogP contribution in [0.5, 0.6) is 0 Å². The molecule has 140 valence electrons. The van der Waals surface area contributed by atoms with Crippen molar-refractivity contribution in [2.24, 2.45) is 11.8 Å². The Kier molecular flexibility index (Phi) is 5.89. The highest BCUT2D eigenvalue weighted by Gasteiger charge is 2.55. The van der Waals surface area contributed by atoms with E-state index in [0.29, 0.717) is 12.8 Å². The van der Waals surface area contributed by atoms with E-state index in [0.717, 1.165) is 5.01 Å². The second-order valence-corrected chi connectivity index (χ2v) is 8.93. The standard InChI is InChI=1S/C18H28N2O4S/c1-11(2)9-18(16(22)24-17(3,4)5)10-12(15(21)23-6)13(20-18)14-19-7-8-25-14/h7-8,11-13,20H,9-10H2,1-6H3/t12-,13+,18-/m1/s1. The maximum Gasteiger partial charge on any atom is 0.326 e. The third-order valence-electron chi connectivity index (χ3n) is 4.17. The molecule has 1 aliphatic heterocycles. The van der Waals surface area contributed by atoms with Crippen molar-refractivity contribution in [2.45, 2.75) is 64.6 Å². The smallest absolute Gasteiger partial charge is 0.326 e. The van der Waals surface area contributed by atoms with Crippen LogP contribution in [0, 0.1) is 11.8 Å². The van der Waals surface area contributed by atoms with E-state index >= 15 is 0 Å². The van der Waals surface area contributed by atoms with Gasteiger partial charge in [-0.3, -0.25) is 14.9 Å². The molecule has 0 spiro atoms. The molecule has 2 rings (SSSR count). The van der Waals surface area contributed by atoms with Gasteiger partial charge < -0.3 is 9.47 Å². The number of nitrogens with zero attached hydrogens (tertiary/aromatic N) is 1. The van der Waals surface area contributed by atoms with Gasteiger partial charge in [-0.25, -0.2) is 4.98 Å². The van der Waals surface area contributed by atoms with Crippen molar-refractivity contribution in [3.8, 4) is 0 Å². The van der Waals surface area contributed by atoms with Crippen LogP contribution < -0.4 is 5.32 Å². The van der Waals surface area contributed by atoms with Gasteiger partial charge in [-0.2, -0.15) is 0 Å². The molecule has 6 nitrogen and oxygen atoms in total. The highest BCUT2D eigenvalue weighted by atomic mass is 32.1. The number of hydrogen-bond donors (Lipinski definition) is 1. The fourth-order valence-electron chi connectivity index (χ4n) is 3.38. The zero-order chi connectivity index (χ0) is 18.8. The van der Waals surface area contributed by atoms with Gasteiger partial charge in [-0.15, -0.1) is 11.3 Å². The molecule has 0 aliphatic carbocycles. The predicted molar refractivity (Wildman–Crippen MR) is 96.1 cm³/mol. The average Bonchev–Trinajstić information content (AvgIpc) is 3.11. The summed E-state index contributed by atoms with van der Waals surface area (Å²) in [4.78, 5) is 29.7. The normalized spacial score (nSPS) is 26.7. The first-order valence-electron chi connectivity index (χ1n) is 8.56. The summed E-state index contributed by atoms with van der Waals surface area (Å²) in [6, 6.07) is -0.348. The Bertz CT molecular complexity index is 609. The number of hydrogen-bond acceptors (Lipinski definition) is 7. The Morgan fingerprint density at radius 1 is 1.44 bits per heavy atom. The van der Waals surface area contributed by atoms with E-state index < -0.39 is 17.1 Å². The summed E-state index contributed by atoms with van der Waals surface area (Å²) in [6.07, 6.45) is 2.63. The summed E-state index contributed by atoms with van der Waals surface area (Å²) >= 11 is 1.46. The second-order valence-electron chi connectivity index (χ2n) is 8.01. The minimum Gasteiger partial charge on any atom is -0.469 e. The van der Waals surface area contributed by atoms with Gasteiger partial charge in [0.1, 0.15) is 16.1 Å². The largest absolute Gasteiger partial charge is 0.469 e. The lowest BCUT2D eigenvalue weighted by atomic mass is 9.84. The zero-order valence-electron chi connectivity index (χ0n) is 15.8. The van der Waals surface area contributed by atoms with E-state index in [-0.39, 0.29) is 23.9 Å². The first kappa shape index (κ1) is 19.8. The summed E-state index contributed by atoms with van der Waals surface area (Å²) in [7, 11) is 1.37. The molecule has 1 N–H and O–H groups in total. The average molecular weight is 368 g/mol. The minimum atomic E-state index is -0.920. The van der Waals surface area contributed by atoms with Gasteiger partial charge >= 0.3 is 11.9 Å². The van der Waals surface area contributed by atoms with Crippen molar-refractivity contribution in [1.29, 1.82) is 0 Å². The highest BCUT2D eigenvalue weighted by Crippen LogP contribution is 2.43. The van der Waals surface area contributed by atoms with Crippen molar-refractivity contribution >= 4 is 23.3 Å². The molecule has 1 aromatic heterocycles. The van der Waals surface area contributed by atoms with E-state index in [1.807, 2.05) is 26.2 Å². The Hall–Kier alpha value is -1.47. The van der Waals surface area contributed by atoms with Gasteiger partial charge in [-0.05, 0) is 39.5 Å². The molecule has 0 aromatic carbocycles. The summed E-state index contributed by atoms with van der Waals surface area (Å²) < 4.78 is 10.7. The maximum atomic E-state index is 13.0. The van der Waals surface area contributed by atoms with Gasteiger partial charge in [-0.1, -0.05) is 13.8 Å². The topological polar surface area (TPSA) is 77.5 Å². The van der Waals surface area contributed by atoms with Crippen molar-refractivity contribution in [3.63, 3.8) is 0 Å². The van der Waals surface area contributed by atoms with Crippen LogP contribution in [-0.4, -0.2) is 35.2 Å². The number of ether oxygens (including phenoxy) is 2. The van der Waals surface area contributed by atoms with E-state index in [9.17, 15) is 9.59 Å². The molecule has 1 fully saturated rings. The van der Waals surface area contributed by atoms with Crippen molar-refractivity contribution < 1.29 is 19.1 Å². The summed E-state index contributed by atoms with van der Waals surface area (Å²) in [5.74, 6) is -0.862. The molecule has 2 heterocycles. The first-order chi connectivity index (χ1) is 11.6. The Balaban J connectivity index is 2.39. The fourth-order valence-corrected chi connectivity index (χ4v) is 4.14. The molecular formula is C18H28N2O4S. The van der Waals surface area contributed by atoms with Crippen LogP contribution in [0.25, 0.3) is 0 Å². The molecule has 1 saturated heterocycles. The number of aromatic nitrogens is 1. The second kappa shape index (κ2) is 7.41. The van der Waals surface area contributed by atoms with Crippen LogP contribution in [0.2, 0.25) is 0 Å². The van der Waals surface area contributed by atoms with Crippen molar-refractivity contribution in [3.05, 3.63) is 16.6 Å². The summed E-state index contributed by atoms with van der Waals surface area (Å²) in [6.45, 7) is 9.65. The highest BCUT2D eigenvalue weighted by molar-refractivity contribution is 7.09. The molecule has 0 unspecified atom stereocenters. The molecule has 3 atom stereocenters. The molecule has 25 heavy (non-hydrogen) atoms. The van der Waals surface area contributed by atoms with Crippen LogP contribution in [0.3, 0.4) is 0 Å². The van der Waals surface area contributed by atoms with Crippen LogP contribution in [-0.2, 0) is 19.1 Å². The summed E-state index contributed by atoms with van der Waals surface area (Å²) in [5.41, 5.74) is -1.51. The molecule has 0 bridgehead atoms. The molecule has 1 aromatic rings. The lowest BCUT2D eigenvalue weighted by Gasteiger charge is -2.33. The molecule has 7 heteroatoms. The number of methoxy groups -OCH3 is 1. The SMILES string of the molecule is COC(=O)[C@@H]1C[C@](CC(C)C)(C(=O)OC(C)(C)C)N[C@@H]1c1nccs1. The van der Waals surface area contributed by atoms with Gasteiger partial charge in [0.05, 0.1) is 19.1 Å². The number of thiazole rings is 1. The van der Waals surface area contributed by atoms with E-state index in [1.54, 1.807) is 6.20 Å². The Morgan fingerprint density at radius 2 is 2.12 bits per heavy atom. The Labute approximate surface area is 153 Å². The number of carbonyl (C=O) groups excluding carboxylic acids is 2. The lowest BCUT2D eigenvalue weighted by Crippen LogP contribution is -2.52. The van der Waals surface area contributed by atoms with Crippen molar-refractivity contribution in [2.75, 3.05) is 7.11 Å². The van der Waals surface area contributed by atoms with Crippen LogP contribution in [0.1, 0.15) is 58.5 Å². The third-order valence-corrected chi connectivity index (χ3v) is 5.03. The Morgan fingerprint density at radius 3 is 2.60 bits per heavy atom. The zero-order valence-corrected chi connectivity index (χ0v) is 16.6. The third kappa shape index (κ3) is 4.58. The summed E-state index contributed by atoms with van der Waals surface area (Å²) in [5, 5.41) is 6.04. The van der Waals surface area contributed by atoms with Gasteiger partial charge in [0.25, 0.3) is 0 Å². The number of carbonyl (C=O) groups is 2. The first-order valence-corrected chi connectivity index (χ1v) is 9.44. The molecular weight excluding hydrogens is 340 g/mol. The number of esters is 2. The minimum absolute atomic E-state index is 0.258. The maximum absolute atomic E-state index is 13.0. The van der Waals surface area contributed by atoms with Crippen LogP contribution in [0.4, 0.5) is 0 Å². The van der Waals surface area contributed by atoms with E-state index in [4.69, 9.17) is 9.47 Å². The van der Waals surface area contributed by atoms with Gasteiger partial charge in [0, 0.05) is 11.6 Å². The lowest BCUT2D eigenvalue weighted by molar-refractivity contribution is -0.163. The number of nitrogens with one attached hydrogen (secondary N) is 1. The van der Waals surface area contributed by atoms with Crippen molar-refractivity contribution in [1.82, 2.24) is 10.3 Å².